The standard InChI is InChI=1S/C13H14N4O3S/c1-7(2)11-8(3-14-6-16-11)12(18)15-4-10-17-9(5-21-10)13(19)20/h3,5-7H,4H2,1-2H3,(H,15,18)(H,19,20). The van der Waals surface area contributed by atoms with Crippen molar-refractivity contribution in [2.75, 3.05) is 0 Å². The Labute approximate surface area is 125 Å². The summed E-state index contributed by atoms with van der Waals surface area (Å²) in [5.74, 6) is -1.28. The van der Waals surface area contributed by atoms with E-state index < -0.39 is 5.97 Å². The maximum Gasteiger partial charge on any atom is 0.355 e. The SMILES string of the molecule is CC(C)c1ncncc1C(=O)NCc1nc(C(=O)O)cs1. The number of carbonyl (C=O) groups excluding carboxylic acids is 1. The van der Waals surface area contributed by atoms with E-state index in [1.807, 2.05) is 13.8 Å². The second kappa shape index (κ2) is 6.40. The Balaban J connectivity index is 2.06. The summed E-state index contributed by atoms with van der Waals surface area (Å²) in [5.41, 5.74) is 1.07. The van der Waals surface area contributed by atoms with E-state index in [0.717, 1.165) is 0 Å². The second-order valence-corrected chi connectivity index (χ2v) is 5.53. The smallest absolute Gasteiger partial charge is 0.355 e. The molecule has 2 rings (SSSR count). The Bertz CT molecular complexity index is 669. The molecule has 2 N–H and O–H groups in total. The highest BCUT2D eigenvalue weighted by atomic mass is 32.1. The van der Waals surface area contributed by atoms with Gasteiger partial charge in [-0.1, -0.05) is 13.8 Å². The minimum atomic E-state index is -1.08. The molecule has 7 nitrogen and oxygen atoms in total. The van der Waals surface area contributed by atoms with E-state index in [2.05, 4.69) is 20.3 Å². The van der Waals surface area contributed by atoms with Crippen molar-refractivity contribution in [1.29, 1.82) is 0 Å². The molecule has 2 aromatic rings. The van der Waals surface area contributed by atoms with Crippen molar-refractivity contribution < 1.29 is 14.7 Å². The van der Waals surface area contributed by atoms with Crippen LogP contribution in [-0.4, -0.2) is 31.9 Å². The first-order valence-corrected chi connectivity index (χ1v) is 7.12. The van der Waals surface area contributed by atoms with Crippen molar-refractivity contribution in [2.45, 2.75) is 26.3 Å². The minimum absolute atomic E-state index is 0.0184. The fourth-order valence-electron chi connectivity index (χ4n) is 1.72. The molecule has 8 heteroatoms. The Morgan fingerprint density at radius 1 is 1.43 bits per heavy atom. The van der Waals surface area contributed by atoms with Gasteiger partial charge in [0.2, 0.25) is 0 Å². The number of aromatic carboxylic acids is 1. The summed E-state index contributed by atoms with van der Waals surface area (Å²) in [6, 6.07) is 0. The lowest BCUT2D eigenvalue weighted by atomic mass is 10.1. The maximum absolute atomic E-state index is 12.2. The molecule has 21 heavy (non-hydrogen) atoms. The first-order valence-electron chi connectivity index (χ1n) is 6.24. The fraction of sp³-hybridized carbons (Fsp3) is 0.308. The molecule has 0 aliphatic heterocycles. The van der Waals surface area contributed by atoms with Crippen LogP contribution < -0.4 is 5.32 Å². The van der Waals surface area contributed by atoms with Crippen LogP contribution in [0.25, 0.3) is 0 Å². The summed E-state index contributed by atoms with van der Waals surface area (Å²) in [7, 11) is 0. The third kappa shape index (κ3) is 3.60. The van der Waals surface area contributed by atoms with E-state index in [4.69, 9.17) is 5.11 Å². The Morgan fingerprint density at radius 3 is 2.81 bits per heavy atom. The predicted octanol–water partition coefficient (Wildman–Crippen LogP) is 1.68. The number of amides is 1. The second-order valence-electron chi connectivity index (χ2n) is 4.59. The highest BCUT2D eigenvalue weighted by molar-refractivity contribution is 7.09. The van der Waals surface area contributed by atoms with E-state index in [1.54, 1.807) is 0 Å². The first kappa shape index (κ1) is 15.0. The van der Waals surface area contributed by atoms with Crippen molar-refractivity contribution in [3.05, 3.63) is 39.9 Å². The average molecular weight is 306 g/mol. The number of rotatable bonds is 5. The summed E-state index contributed by atoms with van der Waals surface area (Å²) in [6.07, 6.45) is 2.88. The molecule has 0 atom stereocenters. The van der Waals surface area contributed by atoms with Gasteiger partial charge in [-0.05, 0) is 5.92 Å². The summed E-state index contributed by atoms with van der Waals surface area (Å²) in [4.78, 5) is 34.8. The fourth-order valence-corrected chi connectivity index (χ4v) is 2.42. The van der Waals surface area contributed by atoms with E-state index in [-0.39, 0.29) is 24.1 Å². The molecule has 0 bridgehead atoms. The largest absolute Gasteiger partial charge is 0.476 e. The molecular formula is C13H14N4O3S. The van der Waals surface area contributed by atoms with Gasteiger partial charge in [0.15, 0.2) is 5.69 Å². The van der Waals surface area contributed by atoms with Gasteiger partial charge in [0.1, 0.15) is 11.3 Å². The van der Waals surface area contributed by atoms with Crippen molar-refractivity contribution in [3.63, 3.8) is 0 Å². The monoisotopic (exact) mass is 306 g/mol. The number of carbonyl (C=O) groups is 2. The van der Waals surface area contributed by atoms with Crippen LogP contribution in [0, 0.1) is 0 Å². The lowest BCUT2D eigenvalue weighted by molar-refractivity contribution is 0.0691. The third-order valence-electron chi connectivity index (χ3n) is 2.71. The van der Waals surface area contributed by atoms with Crippen LogP contribution in [0.15, 0.2) is 17.9 Å². The van der Waals surface area contributed by atoms with Crippen LogP contribution in [0.4, 0.5) is 0 Å². The van der Waals surface area contributed by atoms with Gasteiger partial charge < -0.3 is 10.4 Å². The zero-order valence-corrected chi connectivity index (χ0v) is 12.3. The van der Waals surface area contributed by atoms with Crippen LogP contribution in [0.2, 0.25) is 0 Å². The van der Waals surface area contributed by atoms with Crippen molar-refractivity contribution in [3.8, 4) is 0 Å². The number of hydrogen-bond donors (Lipinski definition) is 2. The Kier molecular flexibility index (Phi) is 4.59. The van der Waals surface area contributed by atoms with Gasteiger partial charge in [-0.15, -0.1) is 11.3 Å². The molecule has 0 unspecified atom stereocenters. The summed E-state index contributed by atoms with van der Waals surface area (Å²) >= 11 is 1.19. The molecule has 0 fully saturated rings. The molecule has 0 radical (unpaired) electrons. The number of carboxylic acids is 1. The lowest BCUT2D eigenvalue weighted by Crippen LogP contribution is -2.25. The highest BCUT2D eigenvalue weighted by Crippen LogP contribution is 2.16. The molecule has 1 amide bonds. The number of carboxylic acid groups (broad SMARTS) is 1. The number of nitrogens with zero attached hydrogens (tertiary/aromatic N) is 3. The molecule has 0 saturated carbocycles. The maximum atomic E-state index is 12.2. The molecule has 0 saturated heterocycles. The third-order valence-corrected chi connectivity index (χ3v) is 3.55. The van der Waals surface area contributed by atoms with E-state index >= 15 is 0 Å². The van der Waals surface area contributed by atoms with Crippen molar-refractivity contribution in [2.24, 2.45) is 0 Å². The van der Waals surface area contributed by atoms with Crippen molar-refractivity contribution >= 4 is 23.2 Å². The molecular weight excluding hydrogens is 292 g/mol. The Morgan fingerprint density at radius 2 is 2.19 bits per heavy atom. The summed E-state index contributed by atoms with van der Waals surface area (Å²) in [6.45, 7) is 4.06. The van der Waals surface area contributed by atoms with E-state index in [0.29, 0.717) is 16.3 Å². The molecule has 2 aromatic heterocycles. The molecule has 2 heterocycles. The molecule has 0 aromatic carbocycles. The predicted molar refractivity (Wildman–Crippen MR) is 76.4 cm³/mol. The van der Waals surface area contributed by atoms with Gasteiger partial charge in [0.25, 0.3) is 5.91 Å². The van der Waals surface area contributed by atoms with Crippen LogP contribution >= 0.6 is 11.3 Å². The van der Waals surface area contributed by atoms with Crippen LogP contribution in [0.1, 0.15) is 51.3 Å². The van der Waals surface area contributed by atoms with E-state index in [1.165, 1.54) is 29.2 Å². The topological polar surface area (TPSA) is 105 Å². The van der Waals surface area contributed by atoms with Gasteiger partial charge in [0.05, 0.1) is 17.8 Å². The van der Waals surface area contributed by atoms with Gasteiger partial charge >= 0.3 is 5.97 Å². The van der Waals surface area contributed by atoms with Gasteiger partial charge in [-0.25, -0.2) is 19.7 Å². The molecule has 0 spiro atoms. The zero-order valence-electron chi connectivity index (χ0n) is 11.5. The molecule has 0 aliphatic carbocycles. The first-order chi connectivity index (χ1) is 9.99. The Hall–Kier alpha value is -2.35. The van der Waals surface area contributed by atoms with Gasteiger partial charge in [-0.2, -0.15) is 0 Å². The number of aromatic nitrogens is 3. The van der Waals surface area contributed by atoms with Crippen LogP contribution in [0.5, 0.6) is 0 Å². The zero-order chi connectivity index (χ0) is 15.4. The van der Waals surface area contributed by atoms with Gasteiger partial charge in [0, 0.05) is 11.6 Å². The van der Waals surface area contributed by atoms with E-state index in [9.17, 15) is 9.59 Å². The number of thiazole rings is 1. The molecule has 110 valence electrons. The normalized spacial score (nSPS) is 10.6. The van der Waals surface area contributed by atoms with Crippen LogP contribution in [0.3, 0.4) is 0 Å². The quantitative estimate of drug-likeness (QED) is 0.870. The average Bonchev–Trinajstić information content (AvgIpc) is 2.94. The highest BCUT2D eigenvalue weighted by Gasteiger charge is 2.16. The summed E-state index contributed by atoms with van der Waals surface area (Å²) in [5, 5.41) is 13.5. The van der Waals surface area contributed by atoms with Crippen molar-refractivity contribution in [1.82, 2.24) is 20.3 Å². The molecule has 0 aliphatic rings. The minimum Gasteiger partial charge on any atom is -0.476 e. The lowest BCUT2D eigenvalue weighted by Gasteiger charge is -2.10. The summed E-state index contributed by atoms with van der Waals surface area (Å²) < 4.78 is 0. The van der Waals surface area contributed by atoms with Gasteiger partial charge in [-0.3, -0.25) is 4.79 Å². The van der Waals surface area contributed by atoms with Crippen LogP contribution in [-0.2, 0) is 6.54 Å². The number of nitrogens with one attached hydrogen (secondary N) is 1. The number of hydrogen-bond acceptors (Lipinski definition) is 6.